The Morgan fingerprint density at radius 1 is 1.09 bits per heavy atom. The number of methoxy groups -OCH3 is 1. The monoisotopic (exact) mass is 299 g/mol. The molecule has 4 nitrogen and oxygen atoms in total. The van der Waals surface area contributed by atoms with E-state index in [-0.39, 0.29) is 6.42 Å². The maximum atomic E-state index is 10.6. The molecule has 0 aromatic heterocycles. The van der Waals surface area contributed by atoms with Crippen LogP contribution < -0.4 is 10.5 Å². The average Bonchev–Trinajstić information content (AvgIpc) is 2.54. The molecule has 0 aliphatic heterocycles. The van der Waals surface area contributed by atoms with Gasteiger partial charge in [-0.25, -0.2) is 0 Å². The molecule has 3 N–H and O–H groups in total. The Labute approximate surface area is 130 Å². The number of aliphatic carboxylic acids is 1. The van der Waals surface area contributed by atoms with E-state index < -0.39 is 5.97 Å². The van der Waals surface area contributed by atoms with Crippen LogP contribution in [0.2, 0.25) is 0 Å². The second kappa shape index (κ2) is 7.61. The van der Waals surface area contributed by atoms with Crippen LogP contribution in [0.4, 0.5) is 0 Å². The second-order valence-corrected chi connectivity index (χ2v) is 5.24. The van der Waals surface area contributed by atoms with E-state index in [9.17, 15) is 4.79 Å². The molecule has 2 aromatic rings. The van der Waals surface area contributed by atoms with E-state index in [2.05, 4.69) is 0 Å². The Morgan fingerprint density at radius 3 is 2.32 bits per heavy atom. The van der Waals surface area contributed by atoms with Crippen LogP contribution in [0.3, 0.4) is 0 Å². The Balaban J connectivity index is 2.09. The summed E-state index contributed by atoms with van der Waals surface area (Å²) in [6, 6.07) is 14.1. The van der Waals surface area contributed by atoms with Crippen molar-refractivity contribution in [3.8, 4) is 5.75 Å². The third-order valence-electron chi connectivity index (χ3n) is 3.63. The first-order valence-corrected chi connectivity index (χ1v) is 7.28. The lowest BCUT2D eigenvalue weighted by Crippen LogP contribution is -2.00. The van der Waals surface area contributed by atoms with E-state index in [1.165, 1.54) is 0 Å². The Hall–Kier alpha value is -2.33. The summed E-state index contributed by atoms with van der Waals surface area (Å²) < 4.78 is 5.43. The van der Waals surface area contributed by atoms with Crippen LogP contribution in [-0.4, -0.2) is 18.2 Å². The number of carbonyl (C=O) groups is 1. The van der Waals surface area contributed by atoms with Crippen molar-refractivity contribution in [2.45, 2.75) is 25.8 Å². The fourth-order valence-corrected chi connectivity index (χ4v) is 2.36. The molecule has 4 heteroatoms. The lowest BCUT2D eigenvalue weighted by molar-refractivity contribution is -0.136. The van der Waals surface area contributed by atoms with Gasteiger partial charge in [0.25, 0.3) is 0 Å². The minimum Gasteiger partial charge on any atom is -0.496 e. The SMILES string of the molecule is COc1cc(CN)ccc1Cc1ccc(CCC(=O)O)cc1. The molecular formula is C18H21NO3. The smallest absolute Gasteiger partial charge is 0.303 e. The van der Waals surface area contributed by atoms with E-state index in [1.807, 2.05) is 42.5 Å². The topological polar surface area (TPSA) is 72.5 Å². The predicted octanol–water partition coefficient (Wildman–Crippen LogP) is 2.76. The van der Waals surface area contributed by atoms with E-state index in [0.29, 0.717) is 13.0 Å². The van der Waals surface area contributed by atoms with E-state index in [0.717, 1.165) is 34.4 Å². The minimum atomic E-state index is -0.770. The summed E-state index contributed by atoms with van der Waals surface area (Å²) in [6.45, 7) is 0.495. The summed E-state index contributed by atoms with van der Waals surface area (Å²) in [5.74, 6) is 0.0757. The predicted molar refractivity (Wildman–Crippen MR) is 86.1 cm³/mol. The minimum absolute atomic E-state index is 0.160. The molecular weight excluding hydrogens is 278 g/mol. The molecule has 0 saturated heterocycles. The highest BCUT2D eigenvalue weighted by Crippen LogP contribution is 2.23. The van der Waals surface area contributed by atoms with Gasteiger partial charge in [-0.2, -0.15) is 0 Å². The molecule has 0 atom stereocenters. The summed E-state index contributed by atoms with van der Waals surface area (Å²) in [6.07, 6.45) is 1.49. The number of carboxylic acids is 1. The highest BCUT2D eigenvalue weighted by molar-refractivity contribution is 5.67. The molecule has 0 radical (unpaired) electrons. The molecule has 22 heavy (non-hydrogen) atoms. The maximum Gasteiger partial charge on any atom is 0.303 e. The van der Waals surface area contributed by atoms with Gasteiger partial charge in [0.05, 0.1) is 7.11 Å². The number of ether oxygens (including phenoxy) is 1. The second-order valence-electron chi connectivity index (χ2n) is 5.24. The van der Waals surface area contributed by atoms with Crippen molar-refractivity contribution in [1.82, 2.24) is 0 Å². The zero-order valence-corrected chi connectivity index (χ0v) is 12.7. The van der Waals surface area contributed by atoms with Crippen molar-refractivity contribution >= 4 is 5.97 Å². The molecule has 0 aliphatic rings. The van der Waals surface area contributed by atoms with Gasteiger partial charge in [0, 0.05) is 19.4 Å². The van der Waals surface area contributed by atoms with Crippen molar-refractivity contribution < 1.29 is 14.6 Å². The fourth-order valence-electron chi connectivity index (χ4n) is 2.36. The van der Waals surface area contributed by atoms with Crippen LogP contribution in [-0.2, 0) is 24.2 Å². The lowest BCUT2D eigenvalue weighted by atomic mass is 10.00. The molecule has 0 fully saturated rings. The van der Waals surface area contributed by atoms with Gasteiger partial charge >= 0.3 is 5.97 Å². The standard InChI is InChI=1S/C18H21NO3/c1-22-17-11-15(12-19)6-8-16(17)10-14-4-2-13(3-5-14)7-9-18(20)21/h2-6,8,11H,7,9-10,12,19H2,1H3,(H,20,21). The third kappa shape index (κ3) is 4.33. The molecule has 0 heterocycles. The zero-order chi connectivity index (χ0) is 15.9. The Morgan fingerprint density at radius 2 is 1.73 bits per heavy atom. The number of hydrogen-bond acceptors (Lipinski definition) is 3. The summed E-state index contributed by atoms with van der Waals surface area (Å²) in [5.41, 5.74) is 10.0. The number of nitrogens with two attached hydrogens (primary N) is 1. The lowest BCUT2D eigenvalue weighted by Gasteiger charge is -2.11. The Kier molecular flexibility index (Phi) is 5.55. The molecule has 2 rings (SSSR count). The number of carboxylic acid groups (broad SMARTS) is 1. The van der Waals surface area contributed by atoms with Gasteiger partial charge in [-0.3, -0.25) is 4.79 Å². The first-order valence-electron chi connectivity index (χ1n) is 7.28. The highest BCUT2D eigenvalue weighted by Gasteiger charge is 2.06. The van der Waals surface area contributed by atoms with Gasteiger partial charge in [-0.1, -0.05) is 36.4 Å². The summed E-state index contributed by atoms with van der Waals surface area (Å²) in [4.78, 5) is 10.6. The molecule has 0 unspecified atom stereocenters. The van der Waals surface area contributed by atoms with Gasteiger partial charge in [0.15, 0.2) is 0 Å². The first-order chi connectivity index (χ1) is 10.6. The van der Waals surface area contributed by atoms with Gasteiger partial charge in [-0.05, 0) is 34.7 Å². The molecule has 0 aliphatic carbocycles. The molecule has 0 bridgehead atoms. The molecule has 0 amide bonds. The van der Waals surface area contributed by atoms with Gasteiger partial charge in [-0.15, -0.1) is 0 Å². The molecule has 116 valence electrons. The Bertz CT molecular complexity index is 635. The zero-order valence-electron chi connectivity index (χ0n) is 12.7. The highest BCUT2D eigenvalue weighted by atomic mass is 16.5. The van der Waals surface area contributed by atoms with Crippen LogP contribution in [0.1, 0.15) is 28.7 Å². The molecule has 2 aromatic carbocycles. The van der Waals surface area contributed by atoms with Gasteiger partial charge < -0.3 is 15.6 Å². The normalized spacial score (nSPS) is 10.5. The average molecular weight is 299 g/mol. The number of rotatable bonds is 7. The van der Waals surface area contributed by atoms with Gasteiger partial charge in [0.2, 0.25) is 0 Å². The van der Waals surface area contributed by atoms with Crippen LogP contribution in [0.5, 0.6) is 5.75 Å². The number of hydrogen-bond donors (Lipinski definition) is 2. The van der Waals surface area contributed by atoms with E-state index in [4.69, 9.17) is 15.6 Å². The maximum absolute atomic E-state index is 10.6. The summed E-state index contributed by atoms with van der Waals surface area (Å²) in [5, 5.41) is 8.70. The van der Waals surface area contributed by atoms with Gasteiger partial charge in [0.1, 0.15) is 5.75 Å². The van der Waals surface area contributed by atoms with Crippen molar-refractivity contribution in [1.29, 1.82) is 0 Å². The van der Waals surface area contributed by atoms with Crippen LogP contribution in [0, 0.1) is 0 Å². The van der Waals surface area contributed by atoms with E-state index in [1.54, 1.807) is 7.11 Å². The van der Waals surface area contributed by atoms with E-state index >= 15 is 0 Å². The van der Waals surface area contributed by atoms with Crippen LogP contribution in [0.25, 0.3) is 0 Å². The quantitative estimate of drug-likeness (QED) is 0.824. The molecule has 0 spiro atoms. The fraction of sp³-hybridized carbons (Fsp3) is 0.278. The summed E-state index contributed by atoms with van der Waals surface area (Å²) >= 11 is 0. The summed E-state index contributed by atoms with van der Waals surface area (Å²) in [7, 11) is 1.66. The third-order valence-corrected chi connectivity index (χ3v) is 3.63. The first kappa shape index (κ1) is 16.0. The van der Waals surface area contributed by atoms with Crippen LogP contribution in [0.15, 0.2) is 42.5 Å². The van der Waals surface area contributed by atoms with Crippen LogP contribution >= 0.6 is 0 Å². The van der Waals surface area contributed by atoms with Crippen molar-refractivity contribution in [3.05, 3.63) is 64.7 Å². The largest absolute Gasteiger partial charge is 0.496 e. The number of benzene rings is 2. The van der Waals surface area contributed by atoms with Crippen molar-refractivity contribution in [3.63, 3.8) is 0 Å². The van der Waals surface area contributed by atoms with Crippen molar-refractivity contribution in [2.24, 2.45) is 5.73 Å². The van der Waals surface area contributed by atoms with Crippen molar-refractivity contribution in [2.75, 3.05) is 7.11 Å². The number of aryl methyl sites for hydroxylation is 1. The molecule has 0 saturated carbocycles.